The van der Waals surface area contributed by atoms with Crippen LogP contribution in [0.15, 0.2) is 23.3 Å². The molecule has 0 amide bonds. The first-order chi connectivity index (χ1) is 5.95. The van der Waals surface area contributed by atoms with Gasteiger partial charge in [0.25, 0.3) is 0 Å². The molecule has 0 aromatic heterocycles. The fraction of sp³-hybridized carbons (Fsp3) is 0.667. The summed E-state index contributed by atoms with van der Waals surface area (Å²) in [6.07, 6.45) is 15.9. The molecule has 0 aliphatic heterocycles. The minimum absolute atomic E-state index is 1.29. The Bertz CT molecular complexity index is 172. The molecule has 0 unspecified atom stereocenters. The van der Waals surface area contributed by atoms with Gasteiger partial charge in [0.05, 0.1) is 0 Å². The Morgan fingerprint density at radius 3 is 1.50 bits per heavy atom. The molecule has 0 atom stereocenters. The maximum Gasteiger partial charge on any atom is -0.0313 e. The van der Waals surface area contributed by atoms with Crippen molar-refractivity contribution in [1.29, 1.82) is 0 Å². The van der Waals surface area contributed by atoms with Gasteiger partial charge < -0.3 is 0 Å². The molecule has 0 radical (unpaired) electrons. The molecule has 0 saturated heterocycles. The number of hydrogen-bond donors (Lipinski definition) is 0. The maximum atomic E-state index is 2.49. The predicted octanol–water partition coefficient (Wildman–Crippen LogP) is 3.99. The molecule has 66 valence electrons. The minimum Gasteiger partial charge on any atom is -0.0850 e. The van der Waals surface area contributed by atoms with Crippen LogP contribution in [0.1, 0.15) is 51.4 Å². The second-order valence-electron chi connectivity index (χ2n) is 4.01. The van der Waals surface area contributed by atoms with Crippen LogP contribution in [0.3, 0.4) is 0 Å². The average molecular weight is 162 g/mol. The van der Waals surface area contributed by atoms with E-state index in [1.807, 2.05) is 0 Å². The Hall–Kier alpha value is -0.520. The number of allylic oxidation sites excluding steroid dienone is 4. The molecule has 0 heteroatoms. The summed E-state index contributed by atoms with van der Waals surface area (Å²) in [6, 6.07) is 0. The molecule has 0 heterocycles. The van der Waals surface area contributed by atoms with Gasteiger partial charge in [-0.3, -0.25) is 0 Å². The molecule has 1 saturated carbocycles. The number of hydrogen-bond acceptors (Lipinski definition) is 0. The van der Waals surface area contributed by atoms with E-state index in [0.29, 0.717) is 0 Å². The van der Waals surface area contributed by atoms with Crippen LogP contribution in [0, 0.1) is 0 Å². The van der Waals surface area contributed by atoms with Gasteiger partial charge in [-0.15, -0.1) is 0 Å². The van der Waals surface area contributed by atoms with E-state index in [1.54, 1.807) is 11.1 Å². The fourth-order valence-electron chi connectivity index (χ4n) is 2.32. The van der Waals surface area contributed by atoms with Crippen LogP contribution < -0.4 is 0 Å². The van der Waals surface area contributed by atoms with Gasteiger partial charge in [0.15, 0.2) is 0 Å². The molecular weight excluding hydrogens is 144 g/mol. The summed E-state index contributed by atoms with van der Waals surface area (Å²) in [7, 11) is 0. The lowest BCUT2D eigenvalue weighted by atomic mass is 9.93. The Morgan fingerprint density at radius 2 is 1.08 bits per heavy atom. The van der Waals surface area contributed by atoms with Crippen LogP contribution in [0.25, 0.3) is 0 Å². The van der Waals surface area contributed by atoms with Gasteiger partial charge in [0.2, 0.25) is 0 Å². The molecule has 3 aliphatic rings. The molecule has 0 aromatic carbocycles. The molecule has 0 aromatic rings. The lowest BCUT2D eigenvalue weighted by Crippen LogP contribution is -1.93. The lowest BCUT2D eigenvalue weighted by Gasteiger charge is -2.13. The van der Waals surface area contributed by atoms with Crippen molar-refractivity contribution in [2.75, 3.05) is 0 Å². The third-order valence-corrected chi connectivity index (χ3v) is 3.02. The standard InChI is InChI=1S/C12H18/c1-2-6-12-9-3-7-11(5-1)8-4-10-12/h5-6H,1-4,7-10H2. The smallest absolute Gasteiger partial charge is 0.0313 e. The van der Waals surface area contributed by atoms with Crippen molar-refractivity contribution in [1.82, 2.24) is 0 Å². The van der Waals surface area contributed by atoms with Gasteiger partial charge in [0.1, 0.15) is 0 Å². The first-order valence-electron chi connectivity index (χ1n) is 5.31. The summed E-state index contributed by atoms with van der Waals surface area (Å²) in [5.74, 6) is 0. The summed E-state index contributed by atoms with van der Waals surface area (Å²) in [5, 5.41) is 0. The zero-order chi connectivity index (χ0) is 8.23. The number of rotatable bonds is 0. The molecule has 3 rings (SSSR count). The highest BCUT2D eigenvalue weighted by Gasteiger charge is 2.07. The van der Waals surface area contributed by atoms with Crippen LogP contribution in [-0.4, -0.2) is 0 Å². The minimum atomic E-state index is 1.29. The number of fused-ring (bicyclic) bond motifs is 7. The van der Waals surface area contributed by atoms with Crippen molar-refractivity contribution in [3.63, 3.8) is 0 Å². The van der Waals surface area contributed by atoms with E-state index in [2.05, 4.69) is 12.2 Å². The van der Waals surface area contributed by atoms with Crippen molar-refractivity contribution in [3.8, 4) is 0 Å². The molecule has 2 bridgehead atoms. The largest absolute Gasteiger partial charge is 0.0850 e. The maximum absolute atomic E-state index is 2.49. The fourth-order valence-corrected chi connectivity index (χ4v) is 2.32. The van der Waals surface area contributed by atoms with Crippen LogP contribution in [0.2, 0.25) is 0 Å². The summed E-state index contributed by atoms with van der Waals surface area (Å²) in [4.78, 5) is 0. The van der Waals surface area contributed by atoms with Crippen LogP contribution in [0.5, 0.6) is 0 Å². The zero-order valence-electron chi connectivity index (χ0n) is 7.81. The van der Waals surface area contributed by atoms with Gasteiger partial charge in [-0.25, -0.2) is 0 Å². The van der Waals surface area contributed by atoms with Crippen molar-refractivity contribution in [2.45, 2.75) is 51.4 Å². The molecular formula is C12H18. The van der Waals surface area contributed by atoms with E-state index in [9.17, 15) is 0 Å². The molecule has 3 aliphatic carbocycles. The SMILES string of the molecule is C1=C2CCCC(=CCC1)CCC2. The average Bonchev–Trinajstić information content (AvgIpc) is 2.18. The van der Waals surface area contributed by atoms with Crippen molar-refractivity contribution in [2.24, 2.45) is 0 Å². The van der Waals surface area contributed by atoms with E-state index in [-0.39, 0.29) is 0 Å². The molecule has 1 fully saturated rings. The molecule has 0 nitrogen and oxygen atoms in total. The first kappa shape index (κ1) is 8.10. The van der Waals surface area contributed by atoms with E-state index < -0.39 is 0 Å². The van der Waals surface area contributed by atoms with Crippen molar-refractivity contribution < 1.29 is 0 Å². The highest BCUT2D eigenvalue weighted by atomic mass is 14.1. The van der Waals surface area contributed by atoms with E-state index in [4.69, 9.17) is 0 Å². The van der Waals surface area contributed by atoms with Crippen LogP contribution >= 0.6 is 0 Å². The second-order valence-corrected chi connectivity index (χ2v) is 4.01. The van der Waals surface area contributed by atoms with Gasteiger partial charge in [-0.05, 0) is 51.4 Å². The van der Waals surface area contributed by atoms with Gasteiger partial charge >= 0.3 is 0 Å². The van der Waals surface area contributed by atoms with Crippen LogP contribution in [0.4, 0.5) is 0 Å². The van der Waals surface area contributed by atoms with Crippen molar-refractivity contribution in [3.05, 3.63) is 23.3 Å². The van der Waals surface area contributed by atoms with Gasteiger partial charge in [0, 0.05) is 0 Å². The van der Waals surface area contributed by atoms with Gasteiger partial charge in [-0.2, -0.15) is 0 Å². The first-order valence-corrected chi connectivity index (χ1v) is 5.31. The highest BCUT2D eigenvalue weighted by Crippen LogP contribution is 2.27. The lowest BCUT2D eigenvalue weighted by molar-refractivity contribution is 0.663. The quantitative estimate of drug-likeness (QED) is 0.472. The Kier molecular flexibility index (Phi) is 2.65. The Balaban J connectivity index is 2.16. The van der Waals surface area contributed by atoms with E-state index >= 15 is 0 Å². The molecule has 12 heavy (non-hydrogen) atoms. The predicted molar refractivity (Wildman–Crippen MR) is 53.1 cm³/mol. The van der Waals surface area contributed by atoms with E-state index in [0.717, 1.165) is 0 Å². The summed E-state index contributed by atoms with van der Waals surface area (Å²) in [6.45, 7) is 0. The van der Waals surface area contributed by atoms with E-state index in [1.165, 1.54) is 51.4 Å². The normalized spacial score (nSPS) is 24.7. The monoisotopic (exact) mass is 162 g/mol. The summed E-state index contributed by atoms with van der Waals surface area (Å²) in [5.41, 5.74) is 3.48. The highest BCUT2D eigenvalue weighted by molar-refractivity contribution is 5.12. The van der Waals surface area contributed by atoms with Crippen LogP contribution in [-0.2, 0) is 0 Å². The second kappa shape index (κ2) is 3.93. The third-order valence-electron chi connectivity index (χ3n) is 3.02. The summed E-state index contributed by atoms with van der Waals surface area (Å²) < 4.78 is 0. The molecule has 0 N–H and O–H groups in total. The molecule has 0 spiro atoms. The summed E-state index contributed by atoms with van der Waals surface area (Å²) >= 11 is 0. The zero-order valence-corrected chi connectivity index (χ0v) is 7.81. The van der Waals surface area contributed by atoms with Gasteiger partial charge in [-0.1, -0.05) is 23.3 Å². The third kappa shape index (κ3) is 2.00. The Morgan fingerprint density at radius 1 is 0.667 bits per heavy atom. The topological polar surface area (TPSA) is 0 Å². The Labute approximate surface area is 75.4 Å². The van der Waals surface area contributed by atoms with Crippen molar-refractivity contribution >= 4 is 0 Å².